The van der Waals surface area contributed by atoms with E-state index >= 15 is 0 Å². The van der Waals surface area contributed by atoms with E-state index in [-0.39, 0.29) is 18.2 Å². The van der Waals surface area contributed by atoms with E-state index in [4.69, 9.17) is 32.7 Å². The molecular weight excluding hydrogens is 391 g/mol. The Morgan fingerprint density at radius 2 is 1.74 bits per heavy atom. The molecule has 0 aliphatic rings. The second-order valence-electron chi connectivity index (χ2n) is 5.86. The van der Waals surface area contributed by atoms with Crippen LogP contribution in [-0.2, 0) is 20.9 Å². The van der Waals surface area contributed by atoms with Crippen LogP contribution in [-0.4, -0.2) is 39.2 Å². The van der Waals surface area contributed by atoms with E-state index in [1.54, 1.807) is 12.1 Å². The van der Waals surface area contributed by atoms with Gasteiger partial charge in [-0.05, 0) is 35.9 Å². The topological polar surface area (TPSA) is 67.9 Å². The van der Waals surface area contributed by atoms with Gasteiger partial charge in [0.25, 0.3) is 5.91 Å². The molecule has 144 valence electrons. The highest BCUT2D eigenvalue weighted by Gasteiger charge is 2.10. The van der Waals surface area contributed by atoms with Gasteiger partial charge in [-0.1, -0.05) is 35.3 Å². The van der Waals surface area contributed by atoms with Crippen LogP contribution in [0.25, 0.3) is 0 Å². The van der Waals surface area contributed by atoms with Gasteiger partial charge < -0.3 is 19.7 Å². The lowest BCUT2D eigenvalue weighted by Gasteiger charge is -2.13. The van der Waals surface area contributed by atoms with Gasteiger partial charge in [0.2, 0.25) is 0 Å². The Labute approximate surface area is 168 Å². The zero-order chi connectivity index (χ0) is 19.8. The first-order valence-electron chi connectivity index (χ1n) is 8.11. The first-order chi connectivity index (χ1) is 12.8. The molecule has 0 unspecified atom stereocenters. The molecule has 0 atom stereocenters. The molecule has 0 spiro atoms. The Bertz CT molecular complexity index is 795. The highest BCUT2D eigenvalue weighted by atomic mass is 35.5. The van der Waals surface area contributed by atoms with Gasteiger partial charge in [-0.3, -0.25) is 4.79 Å². The number of halogens is 2. The zero-order valence-electron chi connectivity index (χ0n) is 15.0. The van der Waals surface area contributed by atoms with Crippen molar-refractivity contribution in [3.63, 3.8) is 0 Å². The van der Waals surface area contributed by atoms with E-state index < -0.39 is 11.9 Å². The van der Waals surface area contributed by atoms with E-state index in [1.165, 1.54) is 6.07 Å². The van der Waals surface area contributed by atoms with Crippen molar-refractivity contribution in [2.75, 3.05) is 32.2 Å². The van der Waals surface area contributed by atoms with Crippen molar-refractivity contribution < 1.29 is 19.1 Å². The lowest BCUT2D eigenvalue weighted by Crippen LogP contribution is -2.29. The number of hydrogen-bond acceptors (Lipinski definition) is 5. The molecule has 2 aromatic carbocycles. The predicted molar refractivity (Wildman–Crippen MR) is 106 cm³/mol. The maximum Gasteiger partial charge on any atom is 0.344 e. The summed E-state index contributed by atoms with van der Waals surface area (Å²) in [5, 5.41) is 3.43. The molecule has 0 heterocycles. The highest BCUT2D eigenvalue weighted by molar-refractivity contribution is 6.35. The van der Waals surface area contributed by atoms with Gasteiger partial charge in [0.15, 0.2) is 13.2 Å². The van der Waals surface area contributed by atoms with Crippen molar-refractivity contribution in [1.82, 2.24) is 5.32 Å². The lowest BCUT2D eigenvalue weighted by molar-refractivity contribution is -0.150. The normalized spacial score (nSPS) is 10.2. The molecule has 0 aliphatic heterocycles. The largest absolute Gasteiger partial charge is 0.480 e. The molecule has 0 bridgehead atoms. The number of rotatable bonds is 8. The summed E-state index contributed by atoms with van der Waals surface area (Å²) in [6, 6.07) is 12.4. The molecule has 0 fully saturated rings. The van der Waals surface area contributed by atoms with E-state index in [1.807, 2.05) is 43.3 Å². The average molecular weight is 411 g/mol. The van der Waals surface area contributed by atoms with E-state index in [9.17, 15) is 9.59 Å². The Balaban J connectivity index is 1.69. The van der Waals surface area contributed by atoms with E-state index in [0.29, 0.717) is 17.3 Å². The molecule has 1 amide bonds. The standard InChI is InChI=1S/C19H20Cl2N2O4/c1-23(2)15-6-3-13(4-7-15)10-22-18(24)11-27-19(25)12-26-17-8-5-14(20)9-16(17)21/h3-9H,10-12H2,1-2H3,(H,22,24). The van der Waals surface area contributed by atoms with E-state index in [0.717, 1.165) is 11.3 Å². The van der Waals surface area contributed by atoms with Crippen LogP contribution in [0.15, 0.2) is 42.5 Å². The van der Waals surface area contributed by atoms with Crippen LogP contribution in [0.4, 0.5) is 5.69 Å². The van der Waals surface area contributed by atoms with Gasteiger partial charge >= 0.3 is 5.97 Å². The molecule has 2 aromatic rings. The lowest BCUT2D eigenvalue weighted by atomic mass is 10.2. The fourth-order valence-corrected chi connectivity index (χ4v) is 2.54. The van der Waals surface area contributed by atoms with Crippen molar-refractivity contribution in [3.05, 3.63) is 58.1 Å². The Kier molecular flexibility index (Phi) is 7.76. The predicted octanol–water partition coefficient (Wildman–Crippen LogP) is 3.30. The maximum absolute atomic E-state index is 11.8. The fraction of sp³-hybridized carbons (Fsp3) is 0.263. The molecule has 0 aliphatic carbocycles. The van der Waals surface area contributed by atoms with Crippen LogP contribution < -0.4 is 15.0 Å². The second kappa shape index (κ2) is 10.0. The molecule has 0 radical (unpaired) electrons. The van der Waals surface area contributed by atoms with Crippen LogP contribution in [0.2, 0.25) is 10.0 Å². The molecule has 0 saturated heterocycles. The molecule has 1 N–H and O–H groups in total. The number of nitrogens with zero attached hydrogens (tertiary/aromatic N) is 1. The molecular formula is C19H20Cl2N2O4. The summed E-state index contributed by atoms with van der Waals surface area (Å²) in [4.78, 5) is 25.4. The number of benzene rings is 2. The van der Waals surface area contributed by atoms with Crippen molar-refractivity contribution >= 4 is 40.8 Å². The van der Waals surface area contributed by atoms with Crippen LogP contribution in [0.3, 0.4) is 0 Å². The number of anilines is 1. The first-order valence-corrected chi connectivity index (χ1v) is 8.87. The second-order valence-corrected chi connectivity index (χ2v) is 6.71. The molecule has 8 heteroatoms. The number of carbonyl (C=O) groups excluding carboxylic acids is 2. The van der Waals surface area contributed by atoms with Crippen molar-refractivity contribution in [1.29, 1.82) is 0 Å². The number of esters is 1. The minimum absolute atomic E-state index is 0.285. The van der Waals surface area contributed by atoms with Crippen molar-refractivity contribution in [2.24, 2.45) is 0 Å². The summed E-state index contributed by atoms with van der Waals surface area (Å²) in [5.41, 5.74) is 2.01. The molecule has 6 nitrogen and oxygen atoms in total. The van der Waals surface area contributed by atoms with Crippen LogP contribution >= 0.6 is 23.2 Å². The van der Waals surface area contributed by atoms with Gasteiger partial charge in [0.1, 0.15) is 5.75 Å². The smallest absolute Gasteiger partial charge is 0.344 e. The summed E-state index contributed by atoms with van der Waals surface area (Å²) in [5.74, 6) is -0.764. The summed E-state index contributed by atoms with van der Waals surface area (Å²) in [6.07, 6.45) is 0. The molecule has 0 aromatic heterocycles. The minimum Gasteiger partial charge on any atom is -0.480 e. The maximum atomic E-state index is 11.8. The van der Waals surface area contributed by atoms with Crippen molar-refractivity contribution in [2.45, 2.75) is 6.54 Å². The average Bonchev–Trinajstić information content (AvgIpc) is 2.64. The Morgan fingerprint density at radius 1 is 1.04 bits per heavy atom. The van der Waals surface area contributed by atoms with Crippen LogP contribution in [0, 0.1) is 0 Å². The molecule has 0 saturated carbocycles. The summed E-state index contributed by atoms with van der Waals surface area (Å²) in [7, 11) is 3.91. The Hall–Kier alpha value is -2.44. The van der Waals surface area contributed by atoms with Gasteiger partial charge in [-0.15, -0.1) is 0 Å². The third kappa shape index (κ3) is 7.00. The summed E-state index contributed by atoms with van der Waals surface area (Å²) in [6.45, 7) is -0.395. The molecule has 27 heavy (non-hydrogen) atoms. The van der Waals surface area contributed by atoms with Crippen molar-refractivity contribution in [3.8, 4) is 5.75 Å². The van der Waals surface area contributed by atoms with Gasteiger partial charge in [-0.2, -0.15) is 0 Å². The van der Waals surface area contributed by atoms with Gasteiger partial charge in [-0.25, -0.2) is 4.79 Å². The van der Waals surface area contributed by atoms with Crippen LogP contribution in [0.1, 0.15) is 5.56 Å². The monoisotopic (exact) mass is 410 g/mol. The highest BCUT2D eigenvalue weighted by Crippen LogP contribution is 2.27. The third-order valence-electron chi connectivity index (χ3n) is 3.55. The number of nitrogens with one attached hydrogen (secondary N) is 1. The zero-order valence-corrected chi connectivity index (χ0v) is 16.5. The van der Waals surface area contributed by atoms with E-state index in [2.05, 4.69) is 5.32 Å². The summed E-state index contributed by atoms with van der Waals surface area (Å²) < 4.78 is 10.1. The quantitative estimate of drug-likeness (QED) is 0.676. The number of ether oxygens (including phenoxy) is 2. The summed E-state index contributed by atoms with van der Waals surface area (Å²) >= 11 is 11.7. The number of hydrogen-bond donors (Lipinski definition) is 1. The van der Waals surface area contributed by atoms with Gasteiger partial charge in [0, 0.05) is 31.4 Å². The van der Waals surface area contributed by atoms with Gasteiger partial charge in [0.05, 0.1) is 5.02 Å². The fourth-order valence-electron chi connectivity index (χ4n) is 2.08. The minimum atomic E-state index is -0.675. The third-order valence-corrected chi connectivity index (χ3v) is 4.08. The first kappa shape index (κ1) is 20.9. The Morgan fingerprint density at radius 3 is 2.37 bits per heavy atom. The SMILES string of the molecule is CN(C)c1ccc(CNC(=O)COC(=O)COc2ccc(Cl)cc2Cl)cc1. The van der Waals surface area contributed by atoms with Crippen LogP contribution in [0.5, 0.6) is 5.75 Å². The number of amides is 1. The number of carbonyl (C=O) groups is 2. The molecule has 2 rings (SSSR count).